The topological polar surface area (TPSA) is 104 Å². The van der Waals surface area contributed by atoms with Crippen LogP contribution in [0, 0.1) is 0 Å². The summed E-state index contributed by atoms with van der Waals surface area (Å²) in [5.74, 6) is 1.80. The molecule has 9 heteroatoms. The van der Waals surface area contributed by atoms with E-state index in [0.717, 1.165) is 42.2 Å². The highest BCUT2D eigenvalue weighted by atomic mass is 16.1. The van der Waals surface area contributed by atoms with Crippen LogP contribution in [0.1, 0.15) is 17.3 Å². The average Bonchev–Trinajstić information content (AvgIpc) is 3.36. The molecule has 0 aliphatic carbocycles. The van der Waals surface area contributed by atoms with Crippen molar-refractivity contribution in [3.8, 4) is 11.5 Å². The molecule has 1 amide bonds. The lowest BCUT2D eigenvalue weighted by atomic mass is 10.2. The van der Waals surface area contributed by atoms with Crippen molar-refractivity contribution < 1.29 is 4.79 Å². The van der Waals surface area contributed by atoms with Gasteiger partial charge in [0.1, 0.15) is 11.5 Å². The van der Waals surface area contributed by atoms with Gasteiger partial charge < -0.3 is 20.5 Å². The maximum absolute atomic E-state index is 12.7. The van der Waals surface area contributed by atoms with Crippen LogP contribution in [-0.4, -0.2) is 56.3 Å². The molecule has 4 heterocycles. The molecule has 1 aliphatic rings. The van der Waals surface area contributed by atoms with E-state index in [2.05, 4.69) is 42.5 Å². The third-order valence-corrected chi connectivity index (χ3v) is 5.46. The number of para-hydroxylation sites is 2. The van der Waals surface area contributed by atoms with Crippen molar-refractivity contribution in [3.05, 3.63) is 54.2 Å². The van der Waals surface area contributed by atoms with Crippen LogP contribution in [0.25, 0.3) is 22.6 Å². The Bertz CT molecular complexity index is 1190. The number of hydrogen-bond donors (Lipinski definition) is 3. The number of aromatic nitrogens is 5. The van der Waals surface area contributed by atoms with Crippen LogP contribution in [0.5, 0.6) is 0 Å². The lowest BCUT2D eigenvalue weighted by molar-refractivity contribution is 0.102. The fourth-order valence-electron chi connectivity index (χ4n) is 3.86. The summed E-state index contributed by atoms with van der Waals surface area (Å²) in [6.45, 7) is 4.89. The van der Waals surface area contributed by atoms with Gasteiger partial charge in [-0.25, -0.2) is 9.97 Å². The Morgan fingerprint density at radius 2 is 2.10 bits per heavy atom. The van der Waals surface area contributed by atoms with Gasteiger partial charge >= 0.3 is 0 Å². The smallest absolute Gasteiger partial charge is 0.258 e. The Morgan fingerprint density at radius 3 is 2.87 bits per heavy atom. The minimum atomic E-state index is -0.248. The number of H-pyrrole nitrogens is 1. The first-order chi connectivity index (χ1) is 15.1. The summed E-state index contributed by atoms with van der Waals surface area (Å²) in [6, 6.07) is 13.8. The predicted octanol–water partition coefficient (Wildman–Crippen LogP) is 2.41. The number of pyridine rings is 1. The Labute approximate surface area is 179 Å². The van der Waals surface area contributed by atoms with Gasteiger partial charge in [0, 0.05) is 45.0 Å². The SMILES string of the molecule is C[C@@H]1CN(c2ccc(C(=O)Nc3cc(-c4nc5ccccc5[nH]4)n(C)n3)cn2)CCN1. The number of imidazole rings is 1. The van der Waals surface area contributed by atoms with Crippen molar-refractivity contribution >= 4 is 28.6 Å². The fraction of sp³-hybridized carbons (Fsp3) is 0.273. The predicted molar refractivity (Wildman–Crippen MR) is 120 cm³/mol. The maximum Gasteiger partial charge on any atom is 0.258 e. The second-order valence-electron chi connectivity index (χ2n) is 7.80. The van der Waals surface area contributed by atoms with E-state index in [9.17, 15) is 4.79 Å². The van der Waals surface area contributed by atoms with Crippen LogP contribution < -0.4 is 15.5 Å². The molecule has 5 rings (SSSR count). The normalized spacial score (nSPS) is 16.6. The number of aryl methyl sites for hydroxylation is 1. The number of benzene rings is 1. The van der Waals surface area contributed by atoms with E-state index >= 15 is 0 Å². The van der Waals surface area contributed by atoms with Gasteiger partial charge in [-0.05, 0) is 31.2 Å². The number of aromatic amines is 1. The first-order valence-electron chi connectivity index (χ1n) is 10.3. The Kier molecular flexibility index (Phi) is 4.87. The van der Waals surface area contributed by atoms with Crippen molar-refractivity contribution in [3.63, 3.8) is 0 Å². The summed E-state index contributed by atoms with van der Waals surface area (Å²) in [7, 11) is 1.82. The van der Waals surface area contributed by atoms with Crippen LogP contribution in [0.4, 0.5) is 11.6 Å². The Hall–Kier alpha value is -3.72. The molecule has 0 radical (unpaired) electrons. The van der Waals surface area contributed by atoms with E-state index in [4.69, 9.17) is 0 Å². The fourth-order valence-corrected chi connectivity index (χ4v) is 3.86. The van der Waals surface area contributed by atoms with Gasteiger partial charge in [-0.1, -0.05) is 12.1 Å². The third kappa shape index (κ3) is 3.87. The number of nitrogens with zero attached hydrogens (tertiary/aromatic N) is 5. The third-order valence-electron chi connectivity index (χ3n) is 5.46. The Balaban J connectivity index is 1.31. The van der Waals surface area contributed by atoms with Crippen molar-refractivity contribution in [2.75, 3.05) is 29.9 Å². The van der Waals surface area contributed by atoms with Gasteiger partial charge in [0.15, 0.2) is 11.6 Å². The lowest BCUT2D eigenvalue weighted by Gasteiger charge is -2.32. The van der Waals surface area contributed by atoms with Crippen molar-refractivity contribution in [2.24, 2.45) is 7.05 Å². The van der Waals surface area contributed by atoms with Crippen molar-refractivity contribution in [2.45, 2.75) is 13.0 Å². The van der Waals surface area contributed by atoms with Gasteiger partial charge in [0.2, 0.25) is 0 Å². The number of amides is 1. The number of nitrogens with one attached hydrogen (secondary N) is 3. The molecule has 0 spiro atoms. The first kappa shape index (κ1) is 19.3. The van der Waals surface area contributed by atoms with Crippen LogP contribution in [-0.2, 0) is 7.05 Å². The quantitative estimate of drug-likeness (QED) is 0.472. The molecule has 1 saturated heterocycles. The summed E-state index contributed by atoms with van der Waals surface area (Å²) in [5.41, 5.74) is 3.11. The molecule has 1 aliphatic heterocycles. The molecule has 0 bridgehead atoms. The molecule has 0 saturated carbocycles. The minimum absolute atomic E-state index is 0.248. The van der Waals surface area contributed by atoms with E-state index < -0.39 is 0 Å². The number of rotatable bonds is 4. The van der Waals surface area contributed by atoms with Crippen LogP contribution in [0.2, 0.25) is 0 Å². The second-order valence-corrected chi connectivity index (χ2v) is 7.80. The largest absolute Gasteiger partial charge is 0.354 e. The molecule has 1 aromatic carbocycles. The number of fused-ring (bicyclic) bond motifs is 1. The van der Waals surface area contributed by atoms with Gasteiger partial charge in [-0.3, -0.25) is 9.48 Å². The average molecular weight is 416 g/mol. The molecule has 3 aromatic heterocycles. The highest BCUT2D eigenvalue weighted by Crippen LogP contribution is 2.23. The monoisotopic (exact) mass is 416 g/mol. The Morgan fingerprint density at radius 1 is 1.23 bits per heavy atom. The summed E-state index contributed by atoms with van der Waals surface area (Å²) in [5, 5.41) is 10.7. The zero-order valence-corrected chi connectivity index (χ0v) is 17.5. The molecule has 1 fully saturated rings. The van der Waals surface area contributed by atoms with Gasteiger partial charge in [0.05, 0.1) is 16.6 Å². The summed E-state index contributed by atoms with van der Waals surface area (Å²) in [6.07, 6.45) is 1.61. The van der Waals surface area contributed by atoms with E-state index in [0.29, 0.717) is 23.2 Å². The number of hydrogen-bond acceptors (Lipinski definition) is 6. The van der Waals surface area contributed by atoms with Crippen LogP contribution >= 0.6 is 0 Å². The molecule has 158 valence electrons. The van der Waals surface area contributed by atoms with Gasteiger partial charge in [-0.2, -0.15) is 5.10 Å². The number of piperazine rings is 1. The first-order valence-corrected chi connectivity index (χ1v) is 10.3. The minimum Gasteiger partial charge on any atom is -0.354 e. The number of anilines is 2. The highest BCUT2D eigenvalue weighted by molar-refractivity contribution is 6.03. The number of carbonyl (C=O) groups excluding carboxylic acids is 1. The second kappa shape index (κ2) is 7.84. The van der Waals surface area contributed by atoms with E-state index in [-0.39, 0.29) is 5.91 Å². The van der Waals surface area contributed by atoms with E-state index in [1.54, 1.807) is 23.0 Å². The van der Waals surface area contributed by atoms with Gasteiger partial charge in [-0.15, -0.1) is 0 Å². The van der Waals surface area contributed by atoms with Crippen molar-refractivity contribution in [1.29, 1.82) is 0 Å². The zero-order chi connectivity index (χ0) is 21.4. The summed E-state index contributed by atoms with van der Waals surface area (Å²) < 4.78 is 1.69. The molecular formula is C22H24N8O. The standard InChI is InChI=1S/C22H24N8O/c1-14-13-30(10-9-23-14)20-8-7-15(12-24-20)22(31)27-19-11-18(29(2)28-19)21-25-16-5-3-4-6-17(16)26-21/h3-8,11-12,14,23H,9-10,13H2,1-2H3,(H,25,26)(H,27,28,31)/t14-/m1/s1. The van der Waals surface area contributed by atoms with Crippen LogP contribution in [0.3, 0.4) is 0 Å². The summed E-state index contributed by atoms with van der Waals surface area (Å²) >= 11 is 0. The van der Waals surface area contributed by atoms with E-state index in [1.165, 1.54) is 0 Å². The zero-order valence-electron chi connectivity index (χ0n) is 17.5. The summed E-state index contributed by atoms with van der Waals surface area (Å²) in [4.78, 5) is 27.3. The number of carbonyl (C=O) groups is 1. The lowest BCUT2D eigenvalue weighted by Crippen LogP contribution is -2.49. The van der Waals surface area contributed by atoms with E-state index in [1.807, 2.05) is 37.4 Å². The van der Waals surface area contributed by atoms with Crippen LogP contribution in [0.15, 0.2) is 48.7 Å². The van der Waals surface area contributed by atoms with Gasteiger partial charge in [0.25, 0.3) is 5.91 Å². The molecular weight excluding hydrogens is 392 g/mol. The maximum atomic E-state index is 12.7. The molecule has 0 unspecified atom stereocenters. The molecule has 4 aromatic rings. The molecule has 31 heavy (non-hydrogen) atoms. The molecule has 1 atom stereocenters. The van der Waals surface area contributed by atoms with Crippen molar-refractivity contribution in [1.82, 2.24) is 30.0 Å². The highest BCUT2D eigenvalue weighted by Gasteiger charge is 2.18. The molecule has 3 N–H and O–H groups in total. The molecule has 9 nitrogen and oxygen atoms in total.